The summed E-state index contributed by atoms with van der Waals surface area (Å²) in [6.07, 6.45) is 19.6. The van der Waals surface area contributed by atoms with Crippen molar-refractivity contribution in [1.82, 2.24) is 5.32 Å². The van der Waals surface area contributed by atoms with Crippen molar-refractivity contribution in [2.24, 2.45) is 0 Å². The molecule has 1 heterocycles. The van der Waals surface area contributed by atoms with Gasteiger partial charge in [0.05, 0.1) is 12.2 Å². The maximum Gasteiger partial charge on any atom is 0.169 e. The van der Waals surface area contributed by atoms with Crippen molar-refractivity contribution in [1.29, 1.82) is 5.26 Å². The Hall–Kier alpha value is -1.41. The third-order valence-corrected chi connectivity index (χ3v) is 7.82. The molecule has 1 fully saturated rings. The minimum Gasteiger partial charge on any atom is -0.389 e. The fourth-order valence-electron chi connectivity index (χ4n) is 5.56. The van der Waals surface area contributed by atoms with Gasteiger partial charge in [-0.05, 0) is 44.3 Å². The van der Waals surface area contributed by atoms with Gasteiger partial charge in [0.1, 0.15) is 0 Å². The molecule has 1 aromatic rings. The van der Waals surface area contributed by atoms with E-state index in [1.165, 1.54) is 82.6 Å². The largest absolute Gasteiger partial charge is 0.389 e. The van der Waals surface area contributed by atoms with Crippen molar-refractivity contribution < 1.29 is 9.84 Å². The molecule has 2 rings (SSSR count). The number of rotatable bonds is 20. The first-order valence-corrected chi connectivity index (χ1v) is 14.7. The van der Waals surface area contributed by atoms with Crippen LogP contribution in [-0.4, -0.2) is 37.0 Å². The van der Waals surface area contributed by atoms with E-state index < -0.39 is 12.2 Å². The molecule has 2 unspecified atom stereocenters. The predicted molar refractivity (Wildman–Crippen MR) is 147 cm³/mol. The Morgan fingerprint density at radius 3 is 1.89 bits per heavy atom. The first-order valence-electron chi connectivity index (χ1n) is 14.7. The number of hydrogen-bond donors (Lipinski definition) is 2. The van der Waals surface area contributed by atoms with E-state index in [0.717, 1.165) is 38.8 Å². The van der Waals surface area contributed by atoms with Gasteiger partial charge in [-0.1, -0.05) is 121 Å². The van der Waals surface area contributed by atoms with Crippen molar-refractivity contribution in [2.45, 2.75) is 134 Å². The predicted octanol–water partition coefficient (Wildman–Crippen LogP) is 7.45. The maximum atomic E-state index is 10.9. The lowest BCUT2D eigenvalue weighted by Crippen LogP contribution is -2.44. The highest BCUT2D eigenvalue weighted by atomic mass is 16.5. The Morgan fingerprint density at radius 1 is 0.857 bits per heavy atom. The van der Waals surface area contributed by atoms with Crippen molar-refractivity contribution >= 4 is 0 Å². The molecule has 0 radical (unpaired) electrons. The molecule has 1 aliphatic heterocycles. The second-order valence-electron chi connectivity index (χ2n) is 10.7. The number of benzene rings is 1. The van der Waals surface area contributed by atoms with Gasteiger partial charge in [-0.3, -0.25) is 0 Å². The number of nitriles is 1. The van der Waals surface area contributed by atoms with E-state index in [0.29, 0.717) is 13.0 Å². The lowest BCUT2D eigenvalue weighted by molar-refractivity contribution is -0.0233. The smallest absolute Gasteiger partial charge is 0.169 e. The van der Waals surface area contributed by atoms with E-state index in [1.807, 2.05) is 6.07 Å². The van der Waals surface area contributed by atoms with Crippen LogP contribution in [0.2, 0.25) is 0 Å². The highest BCUT2D eigenvalue weighted by Crippen LogP contribution is 2.38. The van der Waals surface area contributed by atoms with Crippen LogP contribution < -0.4 is 5.32 Å². The van der Waals surface area contributed by atoms with E-state index in [9.17, 15) is 10.4 Å². The van der Waals surface area contributed by atoms with Gasteiger partial charge in [-0.25, -0.2) is 0 Å². The number of unbranched alkanes of at least 4 members (excludes halogenated alkanes) is 13. The summed E-state index contributed by atoms with van der Waals surface area (Å²) < 4.78 is 5.86. The molecule has 1 aliphatic rings. The van der Waals surface area contributed by atoms with Gasteiger partial charge in [-0.2, -0.15) is 5.26 Å². The third-order valence-electron chi connectivity index (χ3n) is 7.82. The SMILES string of the molecule is CCCCCCCCCCCCCCCCOC(C#N)C(O)CC1(c2ccccc2)CCNCC1. The maximum absolute atomic E-state index is 10.9. The average Bonchev–Trinajstić information content (AvgIpc) is 2.89. The van der Waals surface area contributed by atoms with Crippen LogP contribution in [0.15, 0.2) is 30.3 Å². The molecular weight excluding hydrogens is 432 g/mol. The second kappa shape index (κ2) is 18.8. The number of piperidine rings is 1. The number of ether oxygens (including phenoxy) is 1. The zero-order chi connectivity index (χ0) is 25.0. The zero-order valence-corrected chi connectivity index (χ0v) is 22.5. The third kappa shape index (κ3) is 11.9. The molecule has 0 spiro atoms. The van der Waals surface area contributed by atoms with Crippen LogP contribution in [0, 0.1) is 11.3 Å². The Balaban J connectivity index is 1.55. The molecular formula is C31H52N2O2. The average molecular weight is 485 g/mol. The summed E-state index contributed by atoms with van der Waals surface area (Å²) in [4.78, 5) is 0. The molecule has 2 N–H and O–H groups in total. The zero-order valence-electron chi connectivity index (χ0n) is 22.5. The Morgan fingerprint density at radius 2 is 1.37 bits per heavy atom. The summed E-state index contributed by atoms with van der Waals surface area (Å²) in [6, 6.07) is 12.7. The first-order chi connectivity index (χ1) is 17.2. The van der Waals surface area contributed by atoms with E-state index in [4.69, 9.17) is 4.74 Å². The molecule has 0 saturated carbocycles. The van der Waals surface area contributed by atoms with Crippen LogP contribution in [0.3, 0.4) is 0 Å². The molecule has 35 heavy (non-hydrogen) atoms. The minimum absolute atomic E-state index is 0.0839. The van der Waals surface area contributed by atoms with E-state index in [-0.39, 0.29) is 5.41 Å². The highest BCUT2D eigenvalue weighted by Gasteiger charge is 2.38. The van der Waals surface area contributed by atoms with Crippen LogP contribution in [0.5, 0.6) is 0 Å². The molecule has 0 aliphatic carbocycles. The molecule has 0 aromatic heterocycles. The van der Waals surface area contributed by atoms with Gasteiger partial charge in [0, 0.05) is 12.0 Å². The number of aliphatic hydroxyl groups excluding tert-OH is 1. The van der Waals surface area contributed by atoms with Gasteiger partial charge < -0.3 is 15.2 Å². The Labute approximate surface area is 215 Å². The molecule has 0 amide bonds. The Kier molecular flexibility index (Phi) is 16.0. The lowest BCUT2D eigenvalue weighted by Gasteiger charge is -2.40. The number of aliphatic hydroxyl groups is 1. The fourth-order valence-corrected chi connectivity index (χ4v) is 5.56. The van der Waals surface area contributed by atoms with Crippen molar-refractivity contribution in [3.63, 3.8) is 0 Å². The van der Waals surface area contributed by atoms with Gasteiger partial charge in [0.15, 0.2) is 6.10 Å². The summed E-state index contributed by atoms with van der Waals surface area (Å²) in [5.41, 5.74) is 1.18. The van der Waals surface area contributed by atoms with Crippen LogP contribution in [0.25, 0.3) is 0 Å². The normalized spacial score (nSPS) is 17.1. The monoisotopic (exact) mass is 484 g/mol. The molecule has 0 bridgehead atoms. The van der Waals surface area contributed by atoms with Crippen LogP contribution in [0.4, 0.5) is 0 Å². The summed E-state index contributed by atoms with van der Waals surface area (Å²) in [6.45, 7) is 4.73. The van der Waals surface area contributed by atoms with Gasteiger partial charge in [-0.15, -0.1) is 0 Å². The van der Waals surface area contributed by atoms with E-state index in [1.54, 1.807) is 0 Å². The quantitative estimate of drug-likeness (QED) is 0.189. The number of nitrogens with zero attached hydrogens (tertiary/aromatic N) is 1. The standard InChI is InChI=1S/C31H52N2O2/c1-2-3-4-5-6-7-8-9-10-11-12-13-14-18-25-35-30(27-32)29(34)26-31(21-23-33-24-22-31)28-19-16-15-17-20-28/h15-17,19-20,29-30,33-34H,2-14,18,21-26H2,1H3. The molecule has 198 valence electrons. The minimum atomic E-state index is -0.759. The summed E-state index contributed by atoms with van der Waals surface area (Å²) in [5, 5.41) is 24.0. The van der Waals surface area contributed by atoms with E-state index in [2.05, 4.69) is 42.6 Å². The van der Waals surface area contributed by atoms with Crippen molar-refractivity contribution in [3.8, 4) is 6.07 Å². The molecule has 1 aromatic carbocycles. The van der Waals surface area contributed by atoms with Gasteiger partial charge in [0.25, 0.3) is 0 Å². The second-order valence-corrected chi connectivity index (χ2v) is 10.7. The first kappa shape index (κ1) is 29.8. The van der Waals surface area contributed by atoms with Crippen molar-refractivity contribution in [2.75, 3.05) is 19.7 Å². The van der Waals surface area contributed by atoms with Gasteiger partial charge in [0.2, 0.25) is 0 Å². The number of hydrogen-bond acceptors (Lipinski definition) is 4. The summed E-state index contributed by atoms with van der Waals surface area (Å²) in [7, 11) is 0. The van der Waals surface area contributed by atoms with Gasteiger partial charge >= 0.3 is 0 Å². The molecule has 2 atom stereocenters. The number of nitrogens with one attached hydrogen (secondary N) is 1. The van der Waals surface area contributed by atoms with Crippen molar-refractivity contribution in [3.05, 3.63) is 35.9 Å². The van der Waals surface area contributed by atoms with E-state index >= 15 is 0 Å². The molecule has 4 heteroatoms. The van der Waals surface area contributed by atoms with Crippen LogP contribution in [0.1, 0.15) is 122 Å². The topological polar surface area (TPSA) is 65.3 Å². The summed E-state index contributed by atoms with van der Waals surface area (Å²) in [5.74, 6) is 0. The molecule has 1 saturated heterocycles. The summed E-state index contributed by atoms with van der Waals surface area (Å²) >= 11 is 0. The fraction of sp³-hybridized carbons (Fsp3) is 0.774. The highest BCUT2D eigenvalue weighted by molar-refractivity contribution is 5.27. The van der Waals surface area contributed by atoms with Crippen LogP contribution >= 0.6 is 0 Å². The lowest BCUT2D eigenvalue weighted by atomic mass is 9.69. The molecule has 4 nitrogen and oxygen atoms in total. The van der Waals surface area contributed by atoms with Crippen LogP contribution in [-0.2, 0) is 10.2 Å². The Bertz CT molecular complexity index is 666.